The van der Waals surface area contributed by atoms with Gasteiger partial charge in [-0.25, -0.2) is 13.1 Å². The number of nitrogens with zero attached hydrogens (tertiary/aromatic N) is 2. The zero-order valence-electron chi connectivity index (χ0n) is 17.9. The minimum atomic E-state index is -3.26. The van der Waals surface area contributed by atoms with Gasteiger partial charge in [0.25, 0.3) is 0 Å². The Morgan fingerprint density at radius 2 is 1.83 bits per heavy atom. The maximum atomic E-state index is 12.1. The Morgan fingerprint density at radius 3 is 2.41 bits per heavy atom. The normalized spacial score (nSPS) is 19.6. The van der Waals surface area contributed by atoms with Crippen LogP contribution in [0.2, 0.25) is 0 Å². The maximum Gasteiger partial charge on any atom is 0.234 e. The molecular formula is C19H38N6O3S. The Hall–Kier alpha value is -1.39. The van der Waals surface area contributed by atoms with Crippen LogP contribution in [0.15, 0.2) is 4.99 Å². The highest BCUT2D eigenvalue weighted by molar-refractivity contribution is 7.89. The topological polar surface area (TPSA) is 115 Å². The third-order valence-electron chi connectivity index (χ3n) is 5.57. The van der Waals surface area contributed by atoms with Crippen molar-refractivity contribution in [1.29, 1.82) is 0 Å². The molecule has 0 atom stereocenters. The van der Waals surface area contributed by atoms with E-state index >= 15 is 0 Å². The van der Waals surface area contributed by atoms with Gasteiger partial charge in [0, 0.05) is 45.8 Å². The molecule has 4 N–H and O–H groups in total. The molecule has 1 aliphatic carbocycles. The van der Waals surface area contributed by atoms with E-state index in [0.717, 1.165) is 51.7 Å². The lowest BCUT2D eigenvalue weighted by molar-refractivity contribution is -0.122. The molecule has 10 heteroatoms. The molecule has 2 rings (SSSR count). The highest BCUT2D eigenvalue weighted by Gasteiger charge is 2.22. The average molecular weight is 431 g/mol. The third kappa shape index (κ3) is 9.31. The van der Waals surface area contributed by atoms with Crippen LogP contribution in [0.3, 0.4) is 0 Å². The van der Waals surface area contributed by atoms with E-state index in [9.17, 15) is 13.2 Å². The number of amides is 1. The number of aliphatic imine (C=N–C) groups is 1. The van der Waals surface area contributed by atoms with Crippen molar-refractivity contribution >= 4 is 21.9 Å². The first-order valence-electron chi connectivity index (χ1n) is 10.9. The second-order valence-electron chi connectivity index (χ2n) is 8.01. The Balaban J connectivity index is 1.61. The van der Waals surface area contributed by atoms with Crippen molar-refractivity contribution < 1.29 is 13.2 Å². The summed E-state index contributed by atoms with van der Waals surface area (Å²) in [6.07, 6.45) is 6.24. The van der Waals surface area contributed by atoms with E-state index in [1.165, 1.54) is 6.42 Å². The maximum absolute atomic E-state index is 12.1. The number of guanidine groups is 1. The van der Waals surface area contributed by atoms with E-state index in [4.69, 9.17) is 0 Å². The Bertz CT molecular complexity index is 628. The van der Waals surface area contributed by atoms with Crippen LogP contribution in [0, 0.1) is 5.92 Å². The monoisotopic (exact) mass is 430 g/mol. The summed E-state index contributed by atoms with van der Waals surface area (Å²) in [4.78, 5) is 18.2. The number of hydrogen-bond donors (Lipinski definition) is 4. The summed E-state index contributed by atoms with van der Waals surface area (Å²) in [6.45, 7) is 5.80. The predicted molar refractivity (Wildman–Crippen MR) is 116 cm³/mol. The summed E-state index contributed by atoms with van der Waals surface area (Å²) in [6, 6.07) is 0.268. The number of piperidine rings is 1. The van der Waals surface area contributed by atoms with E-state index in [1.807, 2.05) is 6.92 Å². The molecule has 168 valence electrons. The lowest BCUT2D eigenvalue weighted by Crippen LogP contribution is -2.50. The molecule has 0 aromatic carbocycles. The number of rotatable bonds is 11. The SMILES string of the molecule is CCCNC(=O)CN1CCC(NC(=NC)NCCS(=O)(=O)NCC2CCC2)CC1. The molecule has 1 amide bonds. The summed E-state index contributed by atoms with van der Waals surface area (Å²) in [5, 5.41) is 9.37. The molecule has 0 aromatic heterocycles. The van der Waals surface area contributed by atoms with Gasteiger partial charge >= 0.3 is 0 Å². The van der Waals surface area contributed by atoms with Crippen LogP contribution in [-0.4, -0.2) is 83.3 Å². The lowest BCUT2D eigenvalue weighted by Gasteiger charge is -2.32. The summed E-state index contributed by atoms with van der Waals surface area (Å²) in [7, 11) is -1.57. The summed E-state index contributed by atoms with van der Waals surface area (Å²) in [5.41, 5.74) is 0. The van der Waals surface area contributed by atoms with Crippen LogP contribution in [0.25, 0.3) is 0 Å². The van der Waals surface area contributed by atoms with Crippen LogP contribution in [0.4, 0.5) is 0 Å². The minimum Gasteiger partial charge on any atom is -0.355 e. The zero-order valence-corrected chi connectivity index (χ0v) is 18.7. The molecule has 1 saturated carbocycles. The van der Waals surface area contributed by atoms with E-state index in [0.29, 0.717) is 31.5 Å². The first-order valence-corrected chi connectivity index (χ1v) is 12.5. The highest BCUT2D eigenvalue weighted by Crippen LogP contribution is 2.25. The molecule has 1 saturated heterocycles. The number of nitrogens with one attached hydrogen (secondary N) is 4. The first-order chi connectivity index (χ1) is 13.9. The highest BCUT2D eigenvalue weighted by atomic mass is 32.2. The van der Waals surface area contributed by atoms with Crippen molar-refractivity contribution in [3.05, 3.63) is 0 Å². The minimum absolute atomic E-state index is 0.0335. The van der Waals surface area contributed by atoms with Crippen molar-refractivity contribution in [2.24, 2.45) is 10.9 Å². The van der Waals surface area contributed by atoms with Crippen molar-refractivity contribution in [2.45, 2.75) is 51.5 Å². The van der Waals surface area contributed by atoms with Crippen LogP contribution in [-0.2, 0) is 14.8 Å². The summed E-state index contributed by atoms with van der Waals surface area (Å²) in [5.74, 6) is 1.25. The van der Waals surface area contributed by atoms with Crippen molar-refractivity contribution in [3.8, 4) is 0 Å². The fourth-order valence-corrected chi connectivity index (χ4v) is 4.47. The molecule has 0 radical (unpaired) electrons. The zero-order chi connectivity index (χ0) is 21.1. The second-order valence-corrected chi connectivity index (χ2v) is 9.93. The van der Waals surface area contributed by atoms with E-state index in [-0.39, 0.29) is 17.7 Å². The largest absolute Gasteiger partial charge is 0.355 e. The van der Waals surface area contributed by atoms with Gasteiger partial charge in [0.1, 0.15) is 0 Å². The van der Waals surface area contributed by atoms with E-state index in [1.54, 1.807) is 7.05 Å². The van der Waals surface area contributed by atoms with Crippen LogP contribution in [0.5, 0.6) is 0 Å². The Kier molecular flexibility index (Phi) is 10.2. The molecule has 2 aliphatic rings. The number of likely N-dealkylation sites (tertiary alicyclic amines) is 1. The van der Waals surface area contributed by atoms with Crippen molar-refractivity contribution in [2.75, 3.05) is 52.1 Å². The van der Waals surface area contributed by atoms with Gasteiger partial charge in [0.2, 0.25) is 15.9 Å². The van der Waals surface area contributed by atoms with Gasteiger partial charge < -0.3 is 16.0 Å². The number of hydrogen-bond acceptors (Lipinski definition) is 5. The molecule has 2 fully saturated rings. The standard InChI is InChI=1S/C19H38N6O3S/c1-3-9-21-18(26)15-25-11-7-17(8-12-25)24-19(20-2)22-10-13-29(27,28)23-14-16-5-4-6-16/h16-17,23H,3-15H2,1-2H3,(H,21,26)(H2,20,22,24). The van der Waals surface area contributed by atoms with Gasteiger partial charge in [0.15, 0.2) is 5.96 Å². The van der Waals surface area contributed by atoms with E-state index in [2.05, 4.69) is 30.6 Å². The number of carbonyl (C=O) groups is 1. The predicted octanol–water partition coefficient (Wildman–Crippen LogP) is -0.138. The number of carbonyl (C=O) groups excluding carboxylic acids is 1. The first kappa shape index (κ1) is 23.9. The molecule has 0 bridgehead atoms. The summed E-state index contributed by atoms with van der Waals surface area (Å²) >= 11 is 0. The number of sulfonamides is 1. The molecule has 9 nitrogen and oxygen atoms in total. The van der Waals surface area contributed by atoms with Gasteiger partial charge in [-0.3, -0.25) is 14.7 Å². The molecule has 1 heterocycles. The fraction of sp³-hybridized carbons (Fsp3) is 0.895. The molecule has 0 unspecified atom stereocenters. The molecule has 0 aromatic rings. The van der Waals surface area contributed by atoms with Crippen LogP contribution >= 0.6 is 0 Å². The van der Waals surface area contributed by atoms with Gasteiger partial charge in [0.05, 0.1) is 12.3 Å². The van der Waals surface area contributed by atoms with Crippen molar-refractivity contribution in [3.63, 3.8) is 0 Å². The van der Waals surface area contributed by atoms with E-state index < -0.39 is 10.0 Å². The lowest BCUT2D eigenvalue weighted by atomic mass is 9.86. The smallest absolute Gasteiger partial charge is 0.234 e. The third-order valence-corrected chi connectivity index (χ3v) is 6.92. The van der Waals surface area contributed by atoms with Gasteiger partial charge in [-0.15, -0.1) is 0 Å². The van der Waals surface area contributed by atoms with Gasteiger partial charge in [-0.2, -0.15) is 0 Å². The molecule has 29 heavy (non-hydrogen) atoms. The Labute approximate surface area is 175 Å². The molecule has 1 aliphatic heterocycles. The Morgan fingerprint density at radius 1 is 1.10 bits per heavy atom. The van der Waals surface area contributed by atoms with Gasteiger partial charge in [-0.05, 0) is 38.0 Å². The quantitative estimate of drug-likeness (QED) is 0.268. The van der Waals surface area contributed by atoms with Crippen LogP contribution in [0.1, 0.15) is 45.4 Å². The average Bonchev–Trinajstić information content (AvgIpc) is 2.65. The van der Waals surface area contributed by atoms with Gasteiger partial charge in [-0.1, -0.05) is 13.3 Å². The molecule has 0 spiro atoms. The summed E-state index contributed by atoms with van der Waals surface area (Å²) < 4.78 is 26.9. The van der Waals surface area contributed by atoms with Crippen LogP contribution < -0.4 is 20.7 Å². The second kappa shape index (κ2) is 12.3. The molecular weight excluding hydrogens is 392 g/mol. The fourth-order valence-electron chi connectivity index (χ4n) is 3.46. The van der Waals surface area contributed by atoms with Crippen molar-refractivity contribution in [1.82, 2.24) is 25.6 Å².